The maximum atomic E-state index is 14.0. The van der Waals surface area contributed by atoms with E-state index in [0.29, 0.717) is 17.2 Å². The van der Waals surface area contributed by atoms with E-state index < -0.39 is 29.7 Å². The highest BCUT2D eigenvalue weighted by Crippen LogP contribution is 2.41. The number of Topliss-reactive ketones (excluding diaryl/α,β-unsaturated/α-hetero) is 2. The lowest BCUT2D eigenvalue weighted by Gasteiger charge is -2.47. The van der Waals surface area contributed by atoms with Crippen molar-refractivity contribution in [3.05, 3.63) is 70.3 Å². The summed E-state index contributed by atoms with van der Waals surface area (Å²) < 4.78 is 41.9. The summed E-state index contributed by atoms with van der Waals surface area (Å²) in [6.07, 6.45) is 0.812. The highest BCUT2D eigenvalue weighted by atomic mass is 19.4. The zero-order valence-electron chi connectivity index (χ0n) is 18.0. The van der Waals surface area contributed by atoms with E-state index in [2.05, 4.69) is 4.90 Å². The summed E-state index contributed by atoms with van der Waals surface area (Å²) >= 11 is 0. The predicted octanol–water partition coefficient (Wildman–Crippen LogP) is 5.27. The number of hydrogen-bond acceptors (Lipinski definition) is 4. The van der Waals surface area contributed by atoms with Gasteiger partial charge in [-0.25, -0.2) is 0 Å². The lowest BCUT2D eigenvalue weighted by molar-refractivity contribution is -0.138. The molecule has 2 aromatic carbocycles. The molecular weight excluding hydrogens is 431 g/mol. The quantitative estimate of drug-likeness (QED) is 0.639. The number of carbonyl (C=O) groups excluding carboxylic acids is 2. The van der Waals surface area contributed by atoms with Gasteiger partial charge in [0.25, 0.3) is 0 Å². The van der Waals surface area contributed by atoms with Crippen LogP contribution < -0.4 is 4.90 Å². The van der Waals surface area contributed by atoms with Gasteiger partial charge in [-0.2, -0.15) is 13.2 Å². The Hall–Kier alpha value is -3.09. The fraction of sp³-hybridized carbons (Fsp3) is 0.385. The van der Waals surface area contributed by atoms with Crippen LogP contribution in [0.3, 0.4) is 0 Å². The van der Waals surface area contributed by atoms with Gasteiger partial charge in [0, 0.05) is 24.7 Å². The number of allylic oxidation sites excluding steroid dienone is 2. The number of rotatable bonds is 4. The number of nitrogens with zero attached hydrogens (tertiary/aromatic N) is 1. The molecule has 0 radical (unpaired) electrons. The second-order valence-electron chi connectivity index (χ2n) is 9.23. The molecule has 6 rings (SSSR count). The van der Waals surface area contributed by atoms with Gasteiger partial charge < -0.3 is 10.0 Å². The fourth-order valence-electron chi connectivity index (χ4n) is 5.51. The van der Waals surface area contributed by atoms with Crippen molar-refractivity contribution >= 4 is 17.3 Å². The lowest BCUT2D eigenvalue weighted by atomic mass is 9.79. The molecule has 0 atom stereocenters. The van der Waals surface area contributed by atoms with E-state index in [0.717, 1.165) is 38.3 Å². The third-order valence-corrected chi connectivity index (χ3v) is 7.22. The number of phenols is 1. The summed E-state index contributed by atoms with van der Waals surface area (Å²) in [7, 11) is 0. The number of carbonyl (C=O) groups is 2. The van der Waals surface area contributed by atoms with Crippen LogP contribution in [-0.2, 0) is 23.8 Å². The molecule has 2 aliphatic carbocycles. The second-order valence-corrected chi connectivity index (χ2v) is 9.23. The highest BCUT2D eigenvalue weighted by molar-refractivity contribution is 6.28. The first-order chi connectivity index (χ1) is 15.7. The maximum Gasteiger partial charge on any atom is 0.416 e. The van der Waals surface area contributed by atoms with Crippen LogP contribution in [0.4, 0.5) is 18.9 Å². The van der Waals surface area contributed by atoms with E-state index in [1.54, 1.807) is 18.2 Å². The number of phenolic OH excluding ortho intramolecular Hbond substituents is 1. The van der Waals surface area contributed by atoms with E-state index >= 15 is 0 Å². The Morgan fingerprint density at radius 3 is 2.52 bits per heavy atom. The molecule has 2 heterocycles. The topological polar surface area (TPSA) is 57.6 Å². The Bertz CT molecular complexity index is 1160. The number of hydrogen-bond donors (Lipinski definition) is 1. The molecule has 2 bridgehead atoms. The molecule has 1 N–H and O–H groups in total. The molecule has 4 aliphatic rings. The van der Waals surface area contributed by atoms with Gasteiger partial charge in [-0.1, -0.05) is 24.3 Å². The summed E-state index contributed by atoms with van der Waals surface area (Å²) in [5.41, 5.74) is 0.0361. The van der Waals surface area contributed by atoms with Crippen molar-refractivity contribution in [1.29, 1.82) is 0 Å². The first-order valence-corrected chi connectivity index (χ1v) is 11.3. The zero-order chi connectivity index (χ0) is 23.3. The lowest BCUT2D eigenvalue weighted by Crippen LogP contribution is -2.48. The van der Waals surface area contributed by atoms with Crippen molar-refractivity contribution in [2.45, 2.75) is 50.7 Å². The summed E-state index contributed by atoms with van der Waals surface area (Å²) in [6.45, 7) is 0.768. The van der Waals surface area contributed by atoms with Gasteiger partial charge in [0.15, 0.2) is 11.6 Å². The average Bonchev–Trinajstić information content (AvgIpc) is 2.79. The summed E-state index contributed by atoms with van der Waals surface area (Å²) in [5, 5.41) is 10.1. The van der Waals surface area contributed by atoms with E-state index in [1.165, 1.54) is 18.2 Å². The van der Waals surface area contributed by atoms with E-state index in [9.17, 15) is 27.9 Å². The third-order valence-electron chi connectivity index (χ3n) is 7.22. The number of halogens is 3. The van der Waals surface area contributed by atoms with Crippen LogP contribution in [0.25, 0.3) is 0 Å². The van der Waals surface area contributed by atoms with Crippen LogP contribution in [0, 0.1) is 5.92 Å². The van der Waals surface area contributed by atoms with Gasteiger partial charge >= 0.3 is 6.18 Å². The van der Waals surface area contributed by atoms with Crippen molar-refractivity contribution in [2.75, 3.05) is 11.4 Å². The molecule has 0 aromatic heterocycles. The van der Waals surface area contributed by atoms with Crippen LogP contribution in [0.15, 0.2) is 48.0 Å². The zero-order valence-corrected chi connectivity index (χ0v) is 18.0. The molecule has 33 heavy (non-hydrogen) atoms. The fourth-order valence-corrected chi connectivity index (χ4v) is 5.51. The average molecular weight is 455 g/mol. The van der Waals surface area contributed by atoms with Crippen molar-refractivity contribution in [1.82, 2.24) is 0 Å². The van der Waals surface area contributed by atoms with Gasteiger partial charge in [-0.3, -0.25) is 9.59 Å². The van der Waals surface area contributed by atoms with E-state index in [4.69, 9.17) is 0 Å². The van der Waals surface area contributed by atoms with Crippen molar-refractivity contribution < 1.29 is 27.9 Å². The number of alkyl halides is 3. The maximum absolute atomic E-state index is 14.0. The number of fused-ring (bicyclic) bond motifs is 4. The minimum Gasteiger partial charge on any atom is -0.507 e. The molecular formula is C26H24F3NO3. The Labute approximate surface area is 189 Å². The summed E-state index contributed by atoms with van der Waals surface area (Å²) in [5.74, 6) is -1.03. The smallest absolute Gasteiger partial charge is 0.416 e. The van der Waals surface area contributed by atoms with Crippen LogP contribution in [0.5, 0.6) is 5.75 Å². The molecule has 172 valence electrons. The molecule has 7 heteroatoms. The normalized spacial score (nSPS) is 22.2. The van der Waals surface area contributed by atoms with Crippen molar-refractivity contribution in [3.8, 4) is 5.75 Å². The monoisotopic (exact) mass is 455 g/mol. The Kier molecular flexibility index (Phi) is 5.30. The largest absolute Gasteiger partial charge is 0.507 e. The van der Waals surface area contributed by atoms with Gasteiger partial charge in [0.1, 0.15) is 5.75 Å². The van der Waals surface area contributed by atoms with Gasteiger partial charge in [0.2, 0.25) is 0 Å². The molecule has 2 saturated heterocycles. The Morgan fingerprint density at radius 1 is 1.09 bits per heavy atom. The standard InChI is InChI=1S/C26H24F3NO3/c27-26(28,29)21-13-19(30-14-15-4-8-18(30)9-5-15)10-6-17(21)12-23(32)20-11-7-16-2-1-3-22(31)24(16)25(20)33/h1-3,6,10-11,13,15,18,31H,4-5,7-9,12,14H2. The van der Waals surface area contributed by atoms with Gasteiger partial charge in [-0.15, -0.1) is 0 Å². The number of benzene rings is 2. The second kappa shape index (κ2) is 8.04. The summed E-state index contributed by atoms with van der Waals surface area (Å²) in [6, 6.07) is 9.10. The highest BCUT2D eigenvalue weighted by Gasteiger charge is 2.38. The molecule has 0 unspecified atom stereocenters. The number of aromatic hydroxyl groups is 1. The molecule has 0 amide bonds. The molecule has 3 fully saturated rings. The molecule has 1 saturated carbocycles. The van der Waals surface area contributed by atoms with E-state index in [1.807, 2.05) is 0 Å². The van der Waals surface area contributed by atoms with Crippen LogP contribution in [-0.4, -0.2) is 29.3 Å². The van der Waals surface area contributed by atoms with E-state index in [-0.39, 0.29) is 34.9 Å². The van der Waals surface area contributed by atoms with Crippen LogP contribution in [0.2, 0.25) is 0 Å². The molecule has 0 spiro atoms. The minimum absolute atomic E-state index is 0.0508. The first-order valence-electron chi connectivity index (χ1n) is 11.3. The minimum atomic E-state index is -4.61. The Morgan fingerprint density at radius 2 is 1.85 bits per heavy atom. The van der Waals surface area contributed by atoms with Gasteiger partial charge in [0.05, 0.1) is 16.7 Å². The molecule has 4 nitrogen and oxygen atoms in total. The number of anilines is 1. The predicted molar refractivity (Wildman–Crippen MR) is 117 cm³/mol. The van der Waals surface area contributed by atoms with Crippen LogP contribution >= 0.6 is 0 Å². The first kappa shape index (κ1) is 21.7. The van der Waals surface area contributed by atoms with Gasteiger partial charge in [-0.05, 0) is 67.3 Å². The van der Waals surface area contributed by atoms with Crippen molar-refractivity contribution in [3.63, 3.8) is 0 Å². The Balaban J connectivity index is 1.42. The SMILES string of the molecule is O=C(Cc1ccc(N2CC3CCC2CC3)cc1C(F)(F)F)C1=CCc2cccc(O)c2C1=O. The molecule has 2 aromatic rings. The van der Waals surface area contributed by atoms with Crippen LogP contribution in [0.1, 0.15) is 52.7 Å². The number of piperidine rings is 2. The third kappa shape index (κ3) is 3.94. The molecule has 2 aliphatic heterocycles. The van der Waals surface area contributed by atoms with Crippen molar-refractivity contribution in [2.24, 2.45) is 5.92 Å². The number of ketones is 2. The summed E-state index contributed by atoms with van der Waals surface area (Å²) in [4.78, 5) is 27.8.